The molecule has 0 saturated heterocycles. The van der Waals surface area contributed by atoms with Gasteiger partial charge in [-0.25, -0.2) is 0 Å². The number of benzene rings is 1. The van der Waals surface area contributed by atoms with Crippen LogP contribution in [0.15, 0.2) is 36.9 Å². The summed E-state index contributed by atoms with van der Waals surface area (Å²) in [6.45, 7) is 7.78. The fourth-order valence-electron chi connectivity index (χ4n) is 1.16. The lowest BCUT2D eigenvalue weighted by Crippen LogP contribution is -2.22. The third-order valence-electron chi connectivity index (χ3n) is 1.80. The quantitative estimate of drug-likeness (QED) is 0.612. The molecule has 0 spiro atoms. The topological polar surface area (TPSA) is 3.24 Å². The van der Waals surface area contributed by atoms with E-state index in [-0.39, 0.29) is 0 Å². The fraction of sp³-hybridized carbons (Fsp3) is 0.273. The highest BCUT2D eigenvalue weighted by atomic mass is 15.1. The van der Waals surface area contributed by atoms with Crippen LogP contribution in [0.25, 0.3) is 0 Å². The van der Waals surface area contributed by atoms with E-state index in [4.69, 9.17) is 0 Å². The first-order chi connectivity index (χ1) is 5.88. The van der Waals surface area contributed by atoms with Crippen LogP contribution in [-0.2, 0) is 0 Å². The summed E-state index contributed by atoms with van der Waals surface area (Å²) in [6, 6.07) is 11.0. The van der Waals surface area contributed by atoms with Crippen molar-refractivity contribution >= 4 is 5.69 Å². The summed E-state index contributed by atoms with van der Waals surface area (Å²) in [5.41, 5.74) is 1.23. The van der Waals surface area contributed by atoms with Crippen LogP contribution in [0.5, 0.6) is 0 Å². The van der Waals surface area contributed by atoms with E-state index in [1.165, 1.54) is 5.69 Å². The van der Waals surface area contributed by atoms with E-state index in [0.29, 0.717) is 0 Å². The zero-order chi connectivity index (χ0) is 8.81. The lowest BCUT2D eigenvalue weighted by Gasteiger charge is -2.20. The van der Waals surface area contributed by atoms with Crippen LogP contribution in [0.1, 0.15) is 6.92 Å². The predicted molar refractivity (Wildman–Crippen MR) is 53.4 cm³/mol. The zero-order valence-electron chi connectivity index (χ0n) is 7.46. The maximum Gasteiger partial charge on any atom is 0.0369 e. The van der Waals surface area contributed by atoms with Crippen molar-refractivity contribution in [3.63, 3.8) is 0 Å². The molecule has 1 aromatic rings. The molecule has 0 fully saturated rings. The average Bonchev–Trinajstić information content (AvgIpc) is 2.15. The van der Waals surface area contributed by atoms with Gasteiger partial charge in [0.15, 0.2) is 0 Å². The first-order valence-electron chi connectivity index (χ1n) is 4.20. The first-order valence-corrected chi connectivity index (χ1v) is 4.20. The van der Waals surface area contributed by atoms with Gasteiger partial charge in [-0.15, -0.1) is 6.58 Å². The third-order valence-corrected chi connectivity index (χ3v) is 1.80. The summed E-state index contributed by atoms with van der Waals surface area (Å²) in [6.07, 6.45) is 1.92. The normalized spacial score (nSPS) is 9.42. The molecule has 1 aromatic carbocycles. The van der Waals surface area contributed by atoms with Crippen LogP contribution in [0, 0.1) is 6.07 Å². The van der Waals surface area contributed by atoms with Crippen molar-refractivity contribution in [2.75, 3.05) is 18.0 Å². The molecule has 0 aliphatic rings. The monoisotopic (exact) mass is 160 g/mol. The predicted octanol–water partition coefficient (Wildman–Crippen LogP) is 2.50. The molecular formula is C11H14N. The van der Waals surface area contributed by atoms with Gasteiger partial charge in [0.2, 0.25) is 0 Å². The molecule has 0 bridgehead atoms. The number of hydrogen-bond acceptors (Lipinski definition) is 1. The van der Waals surface area contributed by atoms with Gasteiger partial charge in [-0.05, 0) is 25.1 Å². The van der Waals surface area contributed by atoms with E-state index < -0.39 is 0 Å². The SMILES string of the molecule is C=CCN(CC)c1cc[c]cc1. The number of likely N-dealkylation sites (N-methyl/N-ethyl adjacent to an activating group) is 1. The number of nitrogens with zero attached hydrogens (tertiary/aromatic N) is 1. The van der Waals surface area contributed by atoms with Crippen molar-refractivity contribution in [3.8, 4) is 0 Å². The minimum absolute atomic E-state index is 0.903. The molecule has 0 heterocycles. The van der Waals surface area contributed by atoms with Crippen LogP contribution >= 0.6 is 0 Å². The van der Waals surface area contributed by atoms with Gasteiger partial charge in [0, 0.05) is 18.8 Å². The molecule has 12 heavy (non-hydrogen) atoms. The van der Waals surface area contributed by atoms with Gasteiger partial charge in [0.25, 0.3) is 0 Å². The standard InChI is InChI=1S/C11H14N/c1-3-10-12(4-2)11-8-6-5-7-9-11/h3,6-9H,1,4,10H2,2H3. The van der Waals surface area contributed by atoms with Crippen molar-refractivity contribution in [2.45, 2.75) is 6.92 Å². The minimum Gasteiger partial charge on any atom is -0.368 e. The summed E-state index contributed by atoms with van der Waals surface area (Å²) in [5.74, 6) is 0. The molecule has 0 aliphatic carbocycles. The summed E-state index contributed by atoms with van der Waals surface area (Å²) in [4.78, 5) is 2.25. The lowest BCUT2D eigenvalue weighted by molar-refractivity contribution is 0.907. The maximum atomic E-state index is 3.72. The Bertz CT molecular complexity index is 228. The Labute approximate surface area is 74.3 Å². The molecule has 1 nitrogen and oxygen atoms in total. The van der Waals surface area contributed by atoms with E-state index in [2.05, 4.69) is 36.6 Å². The molecule has 0 unspecified atom stereocenters. The molecule has 0 saturated carbocycles. The van der Waals surface area contributed by atoms with Crippen molar-refractivity contribution in [1.82, 2.24) is 0 Å². The molecule has 0 atom stereocenters. The van der Waals surface area contributed by atoms with E-state index in [1.54, 1.807) is 0 Å². The Kier molecular flexibility index (Phi) is 3.39. The van der Waals surface area contributed by atoms with Gasteiger partial charge < -0.3 is 4.90 Å². The van der Waals surface area contributed by atoms with Crippen molar-refractivity contribution in [3.05, 3.63) is 43.0 Å². The largest absolute Gasteiger partial charge is 0.368 e. The molecular weight excluding hydrogens is 146 g/mol. The smallest absolute Gasteiger partial charge is 0.0369 e. The van der Waals surface area contributed by atoms with Crippen molar-refractivity contribution in [2.24, 2.45) is 0 Å². The zero-order valence-corrected chi connectivity index (χ0v) is 7.46. The lowest BCUT2D eigenvalue weighted by atomic mass is 10.3. The Morgan fingerprint density at radius 2 is 2.17 bits per heavy atom. The van der Waals surface area contributed by atoms with Crippen molar-refractivity contribution < 1.29 is 0 Å². The number of rotatable bonds is 4. The summed E-state index contributed by atoms with van der Waals surface area (Å²) >= 11 is 0. The molecule has 1 radical (unpaired) electrons. The highest BCUT2D eigenvalue weighted by Gasteiger charge is 1.98. The van der Waals surface area contributed by atoms with Crippen molar-refractivity contribution in [1.29, 1.82) is 0 Å². The van der Waals surface area contributed by atoms with Crippen LogP contribution in [0.3, 0.4) is 0 Å². The number of anilines is 1. The molecule has 0 N–H and O–H groups in total. The van der Waals surface area contributed by atoms with Crippen LogP contribution in [0.4, 0.5) is 5.69 Å². The van der Waals surface area contributed by atoms with Crippen LogP contribution in [0.2, 0.25) is 0 Å². The Hall–Kier alpha value is -1.24. The van der Waals surface area contributed by atoms with Gasteiger partial charge in [0.05, 0.1) is 0 Å². The van der Waals surface area contributed by atoms with Crippen LogP contribution in [-0.4, -0.2) is 13.1 Å². The number of hydrogen-bond donors (Lipinski definition) is 0. The molecule has 0 aliphatic heterocycles. The second kappa shape index (κ2) is 4.60. The van der Waals surface area contributed by atoms with Gasteiger partial charge in [0.1, 0.15) is 0 Å². The summed E-state index contributed by atoms with van der Waals surface area (Å²) in [7, 11) is 0. The Balaban J connectivity index is 2.72. The molecule has 1 heteroatoms. The van der Waals surface area contributed by atoms with Gasteiger partial charge in [-0.1, -0.05) is 18.2 Å². The summed E-state index contributed by atoms with van der Waals surface area (Å²) in [5, 5.41) is 0. The molecule has 0 amide bonds. The van der Waals surface area contributed by atoms with Gasteiger partial charge >= 0.3 is 0 Å². The average molecular weight is 160 g/mol. The van der Waals surface area contributed by atoms with E-state index >= 15 is 0 Å². The summed E-state index contributed by atoms with van der Waals surface area (Å²) < 4.78 is 0. The third kappa shape index (κ3) is 2.12. The highest BCUT2D eigenvalue weighted by Crippen LogP contribution is 2.11. The van der Waals surface area contributed by atoms with Crippen LogP contribution < -0.4 is 4.90 Å². The Morgan fingerprint density at radius 3 is 2.67 bits per heavy atom. The van der Waals surface area contributed by atoms with E-state index in [1.807, 2.05) is 18.2 Å². The Morgan fingerprint density at radius 1 is 1.50 bits per heavy atom. The molecule has 63 valence electrons. The van der Waals surface area contributed by atoms with Gasteiger partial charge in [-0.3, -0.25) is 0 Å². The first kappa shape index (κ1) is 8.85. The van der Waals surface area contributed by atoms with E-state index in [0.717, 1.165) is 13.1 Å². The second-order valence-corrected chi connectivity index (χ2v) is 2.59. The van der Waals surface area contributed by atoms with Gasteiger partial charge in [-0.2, -0.15) is 0 Å². The highest BCUT2D eigenvalue weighted by molar-refractivity contribution is 5.46. The fourth-order valence-corrected chi connectivity index (χ4v) is 1.16. The van der Waals surface area contributed by atoms with E-state index in [9.17, 15) is 0 Å². The molecule has 1 rings (SSSR count). The maximum absolute atomic E-state index is 3.72. The second-order valence-electron chi connectivity index (χ2n) is 2.59. The molecule has 0 aromatic heterocycles. The minimum atomic E-state index is 0.903.